The highest BCUT2D eigenvalue weighted by atomic mass is 32.2. The van der Waals surface area contributed by atoms with E-state index in [0.29, 0.717) is 34.1 Å². The number of hydrogen-bond acceptors (Lipinski definition) is 6. The maximum absolute atomic E-state index is 13.6. The number of allylic oxidation sites excluding steroid dienone is 2. The van der Waals surface area contributed by atoms with Crippen LogP contribution in [0.3, 0.4) is 0 Å². The molecule has 10 heteroatoms. The molecule has 7 nitrogen and oxygen atoms in total. The first kappa shape index (κ1) is 22.6. The maximum atomic E-state index is 13.6. The highest BCUT2D eigenvalue weighted by Crippen LogP contribution is 2.40. The Morgan fingerprint density at radius 1 is 1.28 bits per heavy atom. The molecule has 0 atom stereocenters. The molecule has 3 aliphatic heterocycles. The van der Waals surface area contributed by atoms with Gasteiger partial charge in [0.1, 0.15) is 6.10 Å². The van der Waals surface area contributed by atoms with E-state index in [2.05, 4.69) is 10.3 Å². The van der Waals surface area contributed by atoms with Gasteiger partial charge in [0.25, 0.3) is 0 Å². The summed E-state index contributed by atoms with van der Waals surface area (Å²) in [6, 6.07) is 3.47. The van der Waals surface area contributed by atoms with Crippen LogP contribution in [0, 0.1) is 6.92 Å². The zero-order chi connectivity index (χ0) is 23.3. The summed E-state index contributed by atoms with van der Waals surface area (Å²) in [6.07, 6.45) is 2.61. The van der Waals surface area contributed by atoms with Gasteiger partial charge in [0.2, 0.25) is 5.92 Å². The van der Waals surface area contributed by atoms with E-state index < -0.39 is 27.1 Å². The normalized spacial score (nSPS) is 19.9. The highest BCUT2D eigenvalue weighted by Gasteiger charge is 2.37. The van der Waals surface area contributed by atoms with Gasteiger partial charge in [-0.05, 0) is 51.3 Å². The van der Waals surface area contributed by atoms with Crippen molar-refractivity contribution in [2.45, 2.75) is 70.2 Å². The fourth-order valence-electron chi connectivity index (χ4n) is 4.12. The summed E-state index contributed by atoms with van der Waals surface area (Å²) in [5.41, 5.74) is 2.41. The smallest absolute Gasteiger partial charge is 0.248 e. The Bertz CT molecular complexity index is 1160. The van der Waals surface area contributed by atoms with Crippen LogP contribution in [0.1, 0.15) is 57.2 Å². The van der Waals surface area contributed by atoms with E-state index in [4.69, 9.17) is 4.74 Å². The molecule has 0 aromatic carbocycles. The second-order valence-electron chi connectivity index (χ2n) is 8.70. The monoisotopic (exact) mass is 467 g/mol. The van der Waals surface area contributed by atoms with Crippen LogP contribution in [-0.2, 0) is 14.6 Å². The van der Waals surface area contributed by atoms with Crippen molar-refractivity contribution >= 4 is 15.4 Å². The van der Waals surface area contributed by atoms with E-state index in [1.54, 1.807) is 39.1 Å². The third-order valence-corrected chi connectivity index (χ3v) is 8.34. The van der Waals surface area contributed by atoms with E-state index in [1.807, 2.05) is 0 Å². The number of nitrogens with one attached hydrogen (secondary N) is 1. The third kappa shape index (κ3) is 4.07. The van der Waals surface area contributed by atoms with Crippen LogP contribution in [0.5, 0.6) is 0 Å². The van der Waals surface area contributed by atoms with Crippen molar-refractivity contribution in [3.05, 3.63) is 46.6 Å². The first-order valence-corrected chi connectivity index (χ1v) is 12.2. The quantitative estimate of drug-likeness (QED) is 0.631. The molecular weight excluding hydrogens is 440 g/mol. The number of sulfone groups is 1. The van der Waals surface area contributed by atoms with Gasteiger partial charge in [0.15, 0.2) is 21.5 Å². The number of fused-ring (bicyclic) bond motifs is 1. The molecule has 32 heavy (non-hydrogen) atoms. The average molecular weight is 468 g/mol. The van der Waals surface area contributed by atoms with Gasteiger partial charge >= 0.3 is 0 Å². The average Bonchev–Trinajstić information content (AvgIpc) is 3.22. The molecule has 3 heterocycles. The van der Waals surface area contributed by atoms with Gasteiger partial charge in [-0.2, -0.15) is 4.73 Å². The lowest BCUT2D eigenvalue weighted by atomic mass is 9.93. The Labute approximate surface area is 186 Å². The van der Waals surface area contributed by atoms with Gasteiger partial charge in [-0.15, -0.1) is 0 Å². The van der Waals surface area contributed by atoms with Crippen molar-refractivity contribution in [3.8, 4) is 11.4 Å². The van der Waals surface area contributed by atoms with Crippen molar-refractivity contribution in [2.75, 3.05) is 0 Å². The summed E-state index contributed by atoms with van der Waals surface area (Å²) in [5.74, 6) is -1.99. The van der Waals surface area contributed by atoms with E-state index >= 15 is 0 Å². The van der Waals surface area contributed by atoms with E-state index in [1.165, 1.54) is 6.20 Å². The lowest BCUT2D eigenvalue weighted by Crippen LogP contribution is -2.32. The standard InChI is InChI=1S/C22H27F2N3O4S/c1-13(2)32(29,30)16-11-19(18-10-14(3)27(28)20-17(18)6-9-25-20)21(26-12-16)31-15-4-7-22(23,24)8-5-15/h6,9-10,12-13,15,26,28H,4-5,7-8,11H2,1-3H3. The molecule has 1 saturated carbocycles. The molecule has 1 fully saturated rings. The van der Waals surface area contributed by atoms with Gasteiger partial charge in [-0.25, -0.2) is 22.2 Å². The molecule has 0 spiro atoms. The molecule has 0 saturated heterocycles. The number of hydrogen-bond donors (Lipinski definition) is 2. The molecular formula is C22H27F2N3O4S. The lowest BCUT2D eigenvalue weighted by Gasteiger charge is -2.32. The van der Waals surface area contributed by atoms with E-state index in [9.17, 15) is 22.4 Å². The minimum atomic E-state index is -3.53. The second-order valence-corrected chi connectivity index (χ2v) is 11.3. The summed E-state index contributed by atoms with van der Waals surface area (Å²) < 4.78 is 60.0. The third-order valence-electron chi connectivity index (χ3n) is 6.11. The first-order valence-electron chi connectivity index (χ1n) is 10.6. The van der Waals surface area contributed by atoms with Crippen molar-refractivity contribution < 1.29 is 27.1 Å². The number of nitrogens with zero attached hydrogens (tertiary/aromatic N) is 2. The molecule has 0 bridgehead atoms. The molecule has 1 aliphatic carbocycles. The topological polar surface area (TPSA) is 93.5 Å². The predicted molar refractivity (Wildman–Crippen MR) is 116 cm³/mol. The van der Waals surface area contributed by atoms with Gasteiger partial charge in [-0.3, -0.25) is 0 Å². The van der Waals surface area contributed by atoms with E-state index in [0.717, 1.165) is 4.73 Å². The second kappa shape index (κ2) is 8.06. The van der Waals surface area contributed by atoms with Gasteiger partial charge < -0.3 is 15.3 Å². The number of rotatable bonds is 5. The molecule has 2 N–H and O–H groups in total. The van der Waals surface area contributed by atoms with Crippen LogP contribution in [0.2, 0.25) is 0 Å². The zero-order valence-corrected chi connectivity index (χ0v) is 19.0. The number of aryl methyl sites for hydroxylation is 1. The first-order chi connectivity index (χ1) is 15.0. The van der Waals surface area contributed by atoms with Crippen LogP contribution >= 0.6 is 0 Å². The lowest BCUT2D eigenvalue weighted by molar-refractivity contribution is -0.0701. The molecule has 0 unspecified atom stereocenters. The van der Waals surface area contributed by atoms with Crippen LogP contribution in [0.25, 0.3) is 17.0 Å². The number of pyridine rings is 1. The van der Waals surface area contributed by atoms with Crippen LogP contribution < -0.4 is 5.32 Å². The number of dihydropyridines is 1. The Morgan fingerprint density at radius 2 is 1.97 bits per heavy atom. The minimum absolute atomic E-state index is 0.0842. The minimum Gasteiger partial charge on any atom is -0.475 e. The Hall–Kier alpha value is -2.62. The van der Waals surface area contributed by atoms with Gasteiger partial charge in [-0.1, -0.05) is 0 Å². The van der Waals surface area contributed by atoms with Gasteiger partial charge in [0, 0.05) is 42.8 Å². The molecule has 174 valence electrons. The zero-order valence-electron chi connectivity index (χ0n) is 18.2. The highest BCUT2D eigenvalue weighted by molar-refractivity contribution is 7.95. The molecule has 0 aromatic heterocycles. The van der Waals surface area contributed by atoms with Crippen molar-refractivity contribution in [3.63, 3.8) is 0 Å². The number of ether oxygens (including phenoxy) is 1. The van der Waals surface area contributed by atoms with Crippen molar-refractivity contribution in [1.82, 2.24) is 15.0 Å². The van der Waals surface area contributed by atoms with Crippen molar-refractivity contribution in [1.29, 1.82) is 0 Å². The summed E-state index contributed by atoms with van der Waals surface area (Å²) >= 11 is 0. The molecule has 0 radical (unpaired) electrons. The molecule has 4 aliphatic rings. The predicted octanol–water partition coefficient (Wildman–Crippen LogP) is 4.45. The fraction of sp³-hybridized carbons (Fsp3) is 0.500. The SMILES string of the molecule is Cc1cc(C2=C(OC3CCC(F)(F)CC3)NC=C(S(=O)(=O)C(C)C)C2)c2ccnc-2n1O. The van der Waals surface area contributed by atoms with Crippen LogP contribution in [-0.4, -0.2) is 40.6 Å². The molecule has 4 rings (SSSR count). The molecule has 0 amide bonds. The number of halogens is 2. The summed E-state index contributed by atoms with van der Waals surface area (Å²) in [4.78, 5) is 4.42. The maximum Gasteiger partial charge on any atom is 0.248 e. The largest absolute Gasteiger partial charge is 0.475 e. The number of aromatic nitrogens is 2. The van der Waals surface area contributed by atoms with Gasteiger partial charge in [0.05, 0.1) is 15.8 Å². The number of alkyl halides is 2. The van der Waals surface area contributed by atoms with Crippen molar-refractivity contribution in [2.24, 2.45) is 0 Å². The summed E-state index contributed by atoms with van der Waals surface area (Å²) in [6.45, 7) is 4.95. The van der Waals surface area contributed by atoms with Crippen LogP contribution in [0.15, 0.2) is 35.3 Å². The summed E-state index contributed by atoms with van der Waals surface area (Å²) in [7, 11) is -3.53. The Kier molecular flexibility index (Phi) is 5.68. The Balaban J connectivity index is 1.76. The Morgan fingerprint density at radius 3 is 2.62 bits per heavy atom. The fourth-order valence-corrected chi connectivity index (χ4v) is 5.29. The van der Waals surface area contributed by atoms with Crippen LogP contribution in [0.4, 0.5) is 8.78 Å². The summed E-state index contributed by atoms with van der Waals surface area (Å²) in [5, 5.41) is 12.7. The van der Waals surface area contributed by atoms with E-state index in [-0.39, 0.29) is 37.0 Å². The molecule has 0 aromatic rings.